The van der Waals surface area contributed by atoms with E-state index in [2.05, 4.69) is 21.2 Å². The molecule has 1 aliphatic rings. The molecule has 1 aromatic rings. The molecule has 14 heavy (non-hydrogen) atoms. The summed E-state index contributed by atoms with van der Waals surface area (Å²) in [5, 5.41) is 13.1. The van der Waals surface area contributed by atoms with Crippen molar-refractivity contribution in [2.45, 2.75) is 12.0 Å². The van der Waals surface area contributed by atoms with Crippen LogP contribution in [0.2, 0.25) is 0 Å². The highest BCUT2D eigenvalue weighted by molar-refractivity contribution is 9.10. The molecule has 0 radical (unpaired) electrons. The van der Waals surface area contributed by atoms with Crippen LogP contribution in [0.1, 0.15) is 11.5 Å². The maximum absolute atomic E-state index is 9.85. The van der Waals surface area contributed by atoms with Crippen LogP contribution in [-0.4, -0.2) is 24.2 Å². The van der Waals surface area contributed by atoms with Gasteiger partial charge in [0.25, 0.3) is 0 Å². The maximum Gasteiger partial charge on any atom is 0.133 e. The van der Waals surface area contributed by atoms with Gasteiger partial charge in [0.1, 0.15) is 5.75 Å². The van der Waals surface area contributed by atoms with Crippen molar-refractivity contribution in [1.82, 2.24) is 5.32 Å². The van der Waals surface area contributed by atoms with Gasteiger partial charge in [-0.05, 0) is 22.0 Å². The Morgan fingerprint density at radius 2 is 2.21 bits per heavy atom. The molecule has 1 saturated heterocycles. The summed E-state index contributed by atoms with van der Waals surface area (Å²) in [7, 11) is 0. The van der Waals surface area contributed by atoms with Crippen LogP contribution < -0.4 is 11.1 Å². The molecule has 1 aromatic carbocycles. The zero-order valence-corrected chi connectivity index (χ0v) is 9.29. The van der Waals surface area contributed by atoms with Crippen LogP contribution in [0.15, 0.2) is 22.7 Å². The SMILES string of the molecule is NC1CNCC1c1cccc(Br)c1O. The monoisotopic (exact) mass is 256 g/mol. The van der Waals surface area contributed by atoms with E-state index in [0.717, 1.165) is 23.1 Å². The second-order valence-corrected chi connectivity index (χ2v) is 4.46. The van der Waals surface area contributed by atoms with E-state index in [9.17, 15) is 5.11 Å². The lowest BCUT2D eigenvalue weighted by molar-refractivity contribution is 0.456. The standard InChI is InChI=1S/C10H13BrN2O/c11-8-3-1-2-6(10(8)14)7-4-13-5-9(7)12/h1-3,7,9,13-14H,4-5,12H2. The van der Waals surface area contributed by atoms with Crippen molar-refractivity contribution in [3.63, 3.8) is 0 Å². The largest absolute Gasteiger partial charge is 0.506 e. The van der Waals surface area contributed by atoms with Crippen molar-refractivity contribution < 1.29 is 5.11 Å². The summed E-state index contributed by atoms with van der Waals surface area (Å²) in [5.74, 6) is 0.532. The summed E-state index contributed by atoms with van der Waals surface area (Å²) in [5.41, 5.74) is 6.87. The third kappa shape index (κ3) is 1.65. The second kappa shape index (κ2) is 3.88. The van der Waals surface area contributed by atoms with Crippen LogP contribution in [0.4, 0.5) is 0 Å². The van der Waals surface area contributed by atoms with Crippen LogP contribution in [0.25, 0.3) is 0 Å². The summed E-state index contributed by atoms with van der Waals surface area (Å²) in [6.07, 6.45) is 0. The number of nitrogens with one attached hydrogen (secondary N) is 1. The Hall–Kier alpha value is -0.580. The average Bonchev–Trinajstić information content (AvgIpc) is 2.57. The van der Waals surface area contributed by atoms with E-state index in [0.29, 0.717) is 5.75 Å². The Balaban J connectivity index is 2.36. The normalized spacial score (nSPS) is 26.7. The van der Waals surface area contributed by atoms with Crippen LogP contribution in [0, 0.1) is 0 Å². The highest BCUT2D eigenvalue weighted by Gasteiger charge is 2.27. The fourth-order valence-electron chi connectivity index (χ4n) is 1.87. The van der Waals surface area contributed by atoms with Gasteiger partial charge in [0, 0.05) is 30.6 Å². The Morgan fingerprint density at radius 3 is 2.86 bits per heavy atom. The Bertz CT molecular complexity index is 343. The smallest absolute Gasteiger partial charge is 0.133 e. The molecule has 1 aliphatic heterocycles. The van der Waals surface area contributed by atoms with Gasteiger partial charge in [0.2, 0.25) is 0 Å². The van der Waals surface area contributed by atoms with Gasteiger partial charge in [-0.15, -0.1) is 0 Å². The molecule has 0 bridgehead atoms. The molecule has 0 aliphatic carbocycles. The van der Waals surface area contributed by atoms with Crippen molar-refractivity contribution in [2.75, 3.05) is 13.1 Å². The lowest BCUT2D eigenvalue weighted by Gasteiger charge is -2.16. The lowest BCUT2D eigenvalue weighted by Crippen LogP contribution is -2.27. The molecule has 76 valence electrons. The van der Waals surface area contributed by atoms with E-state index >= 15 is 0 Å². The second-order valence-electron chi connectivity index (χ2n) is 3.61. The highest BCUT2D eigenvalue weighted by atomic mass is 79.9. The number of phenols is 1. The molecule has 0 spiro atoms. The van der Waals surface area contributed by atoms with Gasteiger partial charge in [-0.1, -0.05) is 12.1 Å². The molecule has 3 nitrogen and oxygen atoms in total. The van der Waals surface area contributed by atoms with E-state index in [4.69, 9.17) is 5.73 Å². The minimum atomic E-state index is 0.0928. The van der Waals surface area contributed by atoms with Gasteiger partial charge in [-0.3, -0.25) is 0 Å². The number of aromatic hydroxyl groups is 1. The summed E-state index contributed by atoms with van der Waals surface area (Å²) in [4.78, 5) is 0. The minimum absolute atomic E-state index is 0.0928. The van der Waals surface area contributed by atoms with Gasteiger partial charge < -0.3 is 16.2 Å². The maximum atomic E-state index is 9.85. The van der Waals surface area contributed by atoms with Gasteiger partial charge in [0.05, 0.1) is 4.47 Å². The van der Waals surface area contributed by atoms with Gasteiger partial charge in [-0.2, -0.15) is 0 Å². The first-order valence-corrected chi connectivity index (χ1v) is 5.43. The topological polar surface area (TPSA) is 58.3 Å². The number of hydrogen-bond donors (Lipinski definition) is 3. The Morgan fingerprint density at radius 1 is 1.43 bits per heavy atom. The number of benzene rings is 1. The molecule has 1 heterocycles. The highest BCUT2D eigenvalue weighted by Crippen LogP contribution is 2.34. The van der Waals surface area contributed by atoms with Gasteiger partial charge in [-0.25, -0.2) is 0 Å². The summed E-state index contributed by atoms with van der Waals surface area (Å²) in [6.45, 7) is 1.65. The van der Waals surface area contributed by atoms with E-state index in [1.807, 2.05) is 18.2 Å². The van der Waals surface area contributed by atoms with E-state index < -0.39 is 0 Å². The third-order valence-electron chi connectivity index (χ3n) is 2.68. The Labute approximate surface area is 91.4 Å². The molecule has 0 amide bonds. The predicted molar refractivity (Wildman–Crippen MR) is 59.4 cm³/mol. The first-order chi connectivity index (χ1) is 6.70. The molecule has 0 saturated carbocycles. The lowest BCUT2D eigenvalue weighted by atomic mass is 9.94. The predicted octanol–water partition coefficient (Wildman–Crippen LogP) is 1.17. The number of halogens is 1. The van der Waals surface area contributed by atoms with Crippen molar-refractivity contribution in [1.29, 1.82) is 0 Å². The van der Waals surface area contributed by atoms with Crippen molar-refractivity contribution in [2.24, 2.45) is 5.73 Å². The third-order valence-corrected chi connectivity index (χ3v) is 3.32. The van der Waals surface area contributed by atoms with E-state index in [-0.39, 0.29) is 12.0 Å². The molecule has 2 rings (SSSR count). The number of nitrogens with two attached hydrogens (primary N) is 1. The van der Waals surface area contributed by atoms with Crippen molar-refractivity contribution >= 4 is 15.9 Å². The minimum Gasteiger partial charge on any atom is -0.506 e. The van der Waals surface area contributed by atoms with Crippen LogP contribution in [0.3, 0.4) is 0 Å². The molecular weight excluding hydrogens is 244 g/mol. The number of rotatable bonds is 1. The molecule has 1 fully saturated rings. The molecule has 4 N–H and O–H groups in total. The van der Waals surface area contributed by atoms with Crippen LogP contribution >= 0.6 is 15.9 Å². The van der Waals surface area contributed by atoms with E-state index in [1.165, 1.54) is 0 Å². The molecular formula is C10H13BrN2O. The number of para-hydroxylation sites is 1. The van der Waals surface area contributed by atoms with Crippen LogP contribution in [0.5, 0.6) is 5.75 Å². The average molecular weight is 257 g/mol. The van der Waals surface area contributed by atoms with Crippen molar-refractivity contribution in [3.05, 3.63) is 28.2 Å². The van der Waals surface area contributed by atoms with E-state index in [1.54, 1.807) is 0 Å². The summed E-state index contributed by atoms with van der Waals surface area (Å²) in [6, 6.07) is 5.77. The number of phenolic OH excluding ortho intramolecular Hbond substituents is 1. The quantitative estimate of drug-likeness (QED) is 0.707. The number of hydrogen-bond acceptors (Lipinski definition) is 3. The first kappa shape index (κ1) is 9.96. The molecule has 2 atom stereocenters. The van der Waals surface area contributed by atoms with Gasteiger partial charge >= 0.3 is 0 Å². The molecule has 2 unspecified atom stereocenters. The van der Waals surface area contributed by atoms with Crippen molar-refractivity contribution in [3.8, 4) is 5.75 Å². The summed E-state index contributed by atoms with van der Waals surface area (Å²) < 4.78 is 0.731. The Kier molecular flexibility index (Phi) is 2.76. The zero-order chi connectivity index (χ0) is 10.1. The summed E-state index contributed by atoms with van der Waals surface area (Å²) >= 11 is 3.30. The molecule has 0 aromatic heterocycles. The van der Waals surface area contributed by atoms with Gasteiger partial charge in [0.15, 0.2) is 0 Å². The fraction of sp³-hybridized carbons (Fsp3) is 0.400. The fourth-order valence-corrected chi connectivity index (χ4v) is 2.25. The molecule has 4 heteroatoms. The zero-order valence-electron chi connectivity index (χ0n) is 7.70. The van der Waals surface area contributed by atoms with Crippen LogP contribution in [-0.2, 0) is 0 Å². The first-order valence-electron chi connectivity index (χ1n) is 4.64.